The van der Waals surface area contributed by atoms with Crippen LogP contribution in [0.1, 0.15) is 46.7 Å². The van der Waals surface area contributed by atoms with E-state index in [1.807, 2.05) is 36.4 Å². The van der Waals surface area contributed by atoms with E-state index in [9.17, 15) is 9.59 Å². The molecule has 3 fully saturated rings. The molecule has 4 nitrogen and oxygen atoms in total. The third-order valence-corrected chi connectivity index (χ3v) is 7.95. The lowest BCUT2D eigenvalue weighted by molar-refractivity contribution is 0.0218. The van der Waals surface area contributed by atoms with E-state index in [0.29, 0.717) is 17.5 Å². The molecule has 0 spiro atoms. The van der Waals surface area contributed by atoms with Gasteiger partial charge >= 0.3 is 0 Å². The molecule has 5 rings (SSSR count). The molecule has 0 radical (unpaired) electrons. The molecule has 0 aliphatic carbocycles. The number of nitrogens with one attached hydrogen (secondary N) is 1. The molecule has 2 bridgehead atoms. The molecule has 1 N–H and O–H groups in total. The van der Waals surface area contributed by atoms with Gasteiger partial charge in [-0.1, -0.05) is 23.9 Å². The summed E-state index contributed by atoms with van der Waals surface area (Å²) in [5.41, 5.74) is 0.714. The third kappa shape index (κ3) is 3.98. The lowest BCUT2D eigenvalue weighted by Crippen LogP contribution is -2.62. The summed E-state index contributed by atoms with van der Waals surface area (Å²) in [4.78, 5) is 28.6. The highest BCUT2D eigenvalue weighted by Gasteiger charge is 2.40. The Balaban J connectivity index is 1.42. The standard InChI is InChI=1S/C21H24N2O2S2/c1-13-20(15-8-10-23(13)11-9-15)22-21(25)18-6-7-19(27-18)26-17-5-3-4-16(12-17)14(2)24/h3-7,12-13,15,20H,8-11H2,1-2H3,(H,22,25)/t13-,20-/m0/s1. The van der Waals surface area contributed by atoms with E-state index in [4.69, 9.17) is 0 Å². The molecule has 4 heterocycles. The fourth-order valence-corrected chi connectivity index (χ4v) is 6.23. The second-order valence-electron chi connectivity index (χ2n) is 7.42. The lowest BCUT2D eigenvalue weighted by Gasteiger charge is -2.49. The number of rotatable bonds is 5. The minimum Gasteiger partial charge on any atom is -0.347 e. The van der Waals surface area contributed by atoms with Crippen molar-refractivity contribution in [3.63, 3.8) is 0 Å². The first-order valence-electron chi connectivity index (χ1n) is 9.45. The summed E-state index contributed by atoms with van der Waals surface area (Å²) in [5, 5.41) is 3.29. The number of carbonyl (C=O) groups is 2. The fourth-order valence-electron chi connectivity index (χ4n) is 4.16. The van der Waals surface area contributed by atoms with Crippen LogP contribution in [0.2, 0.25) is 0 Å². The molecule has 0 saturated carbocycles. The largest absolute Gasteiger partial charge is 0.347 e. The maximum absolute atomic E-state index is 12.8. The molecule has 27 heavy (non-hydrogen) atoms. The van der Waals surface area contributed by atoms with Gasteiger partial charge in [0, 0.05) is 22.5 Å². The minimum absolute atomic E-state index is 0.0370. The first kappa shape index (κ1) is 18.7. The van der Waals surface area contributed by atoms with Crippen LogP contribution in [0.3, 0.4) is 0 Å². The van der Waals surface area contributed by atoms with Crippen LogP contribution >= 0.6 is 23.1 Å². The Morgan fingerprint density at radius 1 is 1.19 bits per heavy atom. The van der Waals surface area contributed by atoms with Crippen LogP contribution in [0.4, 0.5) is 0 Å². The predicted molar refractivity (Wildman–Crippen MR) is 110 cm³/mol. The quantitative estimate of drug-likeness (QED) is 0.760. The summed E-state index contributed by atoms with van der Waals surface area (Å²) in [6.07, 6.45) is 2.38. The van der Waals surface area contributed by atoms with Crippen molar-refractivity contribution < 1.29 is 9.59 Å². The van der Waals surface area contributed by atoms with Crippen LogP contribution in [0.25, 0.3) is 0 Å². The Morgan fingerprint density at radius 3 is 2.67 bits per heavy atom. The minimum atomic E-state index is 0.0370. The molecular formula is C21H24N2O2S2. The zero-order chi connectivity index (χ0) is 19.0. The number of carbonyl (C=O) groups excluding carboxylic acids is 2. The van der Waals surface area contributed by atoms with Crippen molar-refractivity contribution in [3.05, 3.63) is 46.8 Å². The van der Waals surface area contributed by atoms with Crippen molar-refractivity contribution in [2.75, 3.05) is 13.1 Å². The average Bonchev–Trinajstić information content (AvgIpc) is 3.14. The highest BCUT2D eigenvalue weighted by molar-refractivity contribution is 8.01. The van der Waals surface area contributed by atoms with Crippen molar-refractivity contribution in [1.82, 2.24) is 10.2 Å². The van der Waals surface area contributed by atoms with E-state index in [0.717, 1.165) is 27.1 Å². The molecule has 2 atom stereocenters. The van der Waals surface area contributed by atoms with Gasteiger partial charge in [-0.15, -0.1) is 11.3 Å². The second-order valence-corrected chi connectivity index (χ2v) is 9.88. The SMILES string of the molecule is CC(=O)c1cccc(Sc2ccc(C(=O)N[C@@H]3C4CCN(CC4)[C@H]3C)s2)c1. The molecule has 0 unspecified atom stereocenters. The van der Waals surface area contributed by atoms with Gasteiger partial charge < -0.3 is 5.32 Å². The maximum Gasteiger partial charge on any atom is 0.261 e. The van der Waals surface area contributed by atoms with Gasteiger partial charge in [0.25, 0.3) is 5.91 Å². The van der Waals surface area contributed by atoms with E-state index in [-0.39, 0.29) is 17.7 Å². The summed E-state index contributed by atoms with van der Waals surface area (Å²) in [6, 6.07) is 12.2. The van der Waals surface area contributed by atoms with Crippen molar-refractivity contribution in [1.29, 1.82) is 0 Å². The van der Waals surface area contributed by atoms with Crippen molar-refractivity contribution in [2.24, 2.45) is 5.92 Å². The molecular weight excluding hydrogens is 376 g/mol. The summed E-state index contributed by atoms with van der Waals surface area (Å²) < 4.78 is 1.06. The van der Waals surface area contributed by atoms with Crippen molar-refractivity contribution >= 4 is 34.8 Å². The van der Waals surface area contributed by atoms with Crippen LogP contribution < -0.4 is 5.32 Å². The number of ketones is 1. The normalized spacial score (nSPS) is 26.7. The Labute approximate surface area is 168 Å². The van der Waals surface area contributed by atoms with E-state index in [1.54, 1.807) is 18.7 Å². The summed E-state index contributed by atoms with van der Waals surface area (Å²) in [7, 11) is 0. The predicted octanol–water partition coefficient (Wildman–Crippen LogP) is 4.31. The molecule has 1 amide bonds. The smallest absolute Gasteiger partial charge is 0.261 e. The van der Waals surface area contributed by atoms with Gasteiger partial charge in [-0.25, -0.2) is 0 Å². The number of piperidine rings is 3. The van der Waals surface area contributed by atoms with E-state index in [2.05, 4.69) is 17.1 Å². The summed E-state index contributed by atoms with van der Waals surface area (Å²) in [5.74, 6) is 0.711. The Morgan fingerprint density at radius 2 is 1.96 bits per heavy atom. The topological polar surface area (TPSA) is 49.4 Å². The fraction of sp³-hybridized carbons (Fsp3) is 0.429. The number of hydrogen-bond acceptors (Lipinski definition) is 5. The number of nitrogens with zero attached hydrogens (tertiary/aromatic N) is 1. The van der Waals surface area contributed by atoms with Crippen LogP contribution in [-0.4, -0.2) is 41.8 Å². The molecule has 1 aromatic carbocycles. The van der Waals surface area contributed by atoms with Crippen LogP contribution in [0.15, 0.2) is 45.5 Å². The van der Waals surface area contributed by atoms with Gasteiger partial charge in [0.1, 0.15) is 0 Å². The third-order valence-electron chi connectivity index (χ3n) is 5.74. The van der Waals surface area contributed by atoms with E-state index < -0.39 is 0 Å². The zero-order valence-corrected chi connectivity index (χ0v) is 17.2. The van der Waals surface area contributed by atoms with Gasteiger partial charge in [0.2, 0.25) is 0 Å². The van der Waals surface area contributed by atoms with Crippen LogP contribution in [0.5, 0.6) is 0 Å². The average molecular weight is 401 g/mol. The Bertz CT molecular complexity index is 853. The van der Waals surface area contributed by atoms with Crippen LogP contribution in [0, 0.1) is 5.92 Å². The lowest BCUT2D eigenvalue weighted by atomic mass is 9.79. The number of thiophene rings is 1. The number of Topliss-reactive ketones (excluding diaryl/α,β-unsaturated/α-hetero) is 1. The number of fused-ring (bicyclic) bond motifs is 3. The maximum atomic E-state index is 12.8. The highest BCUT2D eigenvalue weighted by Crippen LogP contribution is 2.35. The zero-order valence-electron chi connectivity index (χ0n) is 15.6. The molecule has 2 aromatic rings. The van der Waals surface area contributed by atoms with Crippen molar-refractivity contribution in [2.45, 2.75) is 47.9 Å². The van der Waals surface area contributed by atoms with Gasteiger partial charge in [-0.2, -0.15) is 0 Å². The molecule has 1 aromatic heterocycles. The van der Waals surface area contributed by atoms with Gasteiger partial charge in [-0.05, 0) is 70.0 Å². The monoisotopic (exact) mass is 400 g/mol. The summed E-state index contributed by atoms with van der Waals surface area (Å²) in [6.45, 7) is 6.13. The molecule has 3 aliphatic heterocycles. The van der Waals surface area contributed by atoms with Gasteiger partial charge in [-0.3, -0.25) is 14.5 Å². The van der Waals surface area contributed by atoms with Crippen molar-refractivity contribution in [3.8, 4) is 0 Å². The van der Waals surface area contributed by atoms with Gasteiger partial charge in [0.05, 0.1) is 9.09 Å². The van der Waals surface area contributed by atoms with E-state index in [1.165, 1.54) is 24.2 Å². The first-order chi connectivity index (χ1) is 13.0. The molecule has 3 aliphatic rings. The molecule has 142 valence electrons. The molecule has 6 heteroatoms. The first-order valence-corrected chi connectivity index (χ1v) is 11.1. The second kappa shape index (κ2) is 7.78. The molecule has 3 saturated heterocycles. The number of benzene rings is 1. The van der Waals surface area contributed by atoms with Crippen LogP contribution in [-0.2, 0) is 0 Å². The van der Waals surface area contributed by atoms with E-state index >= 15 is 0 Å². The highest BCUT2D eigenvalue weighted by atomic mass is 32.2. The summed E-state index contributed by atoms with van der Waals surface area (Å²) >= 11 is 3.11. The number of hydrogen-bond donors (Lipinski definition) is 1. The van der Waals surface area contributed by atoms with Gasteiger partial charge in [0.15, 0.2) is 5.78 Å². The Hall–Kier alpha value is -1.63. The number of amides is 1. The Kier molecular flexibility index (Phi) is 5.39.